The van der Waals surface area contributed by atoms with E-state index in [0.717, 1.165) is 17.9 Å². The molecule has 0 aromatic heterocycles. The fourth-order valence-electron chi connectivity index (χ4n) is 5.54. The molecule has 0 aromatic rings. The Bertz CT molecular complexity index is 298. The molecule has 0 saturated heterocycles. The molecule has 1 nitrogen and oxygen atoms in total. The molecule has 3 rings (SSSR count). The van der Waals surface area contributed by atoms with Crippen molar-refractivity contribution >= 4 is 0 Å². The lowest BCUT2D eigenvalue weighted by Crippen LogP contribution is -2.50. The highest BCUT2D eigenvalue weighted by molar-refractivity contribution is 5.11. The quantitative estimate of drug-likeness (QED) is 0.780. The molecule has 3 aliphatic carbocycles. The van der Waals surface area contributed by atoms with Gasteiger partial charge in [-0.15, -0.1) is 0 Å². The average Bonchev–Trinajstić information content (AvgIpc) is 2.96. The van der Waals surface area contributed by atoms with Gasteiger partial charge in [-0.25, -0.2) is 0 Å². The van der Waals surface area contributed by atoms with Gasteiger partial charge in [0.05, 0.1) is 0 Å². The van der Waals surface area contributed by atoms with Crippen LogP contribution in [-0.4, -0.2) is 12.6 Å². The molecule has 0 heterocycles. The molecule has 104 valence electrons. The lowest BCUT2D eigenvalue weighted by atomic mass is 9.68. The van der Waals surface area contributed by atoms with Gasteiger partial charge in [-0.2, -0.15) is 0 Å². The fraction of sp³-hybridized carbons (Fsp3) is 1.00. The van der Waals surface area contributed by atoms with Crippen molar-refractivity contribution < 1.29 is 0 Å². The van der Waals surface area contributed by atoms with Crippen molar-refractivity contribution in [3.05, 3.63) is 0 Å². The van der Waals surface area contributed by atoms with E-state index in [1.54, 1.807) is 0 Å². The van der Waals surface area contributed by atoms with Gasteiger partial charge in [0.25, 0.3) is 0 Å². The summed E-state index contributed by atoms with van der Waals surface area (Å²) in [7, 11) is 0. The predicted molar refractivity (Wildman–Crippen MR) is 77.6 cm³/mol. The van der Waals surface area contributed by atoms with Crippen LogP contribution in [0.15, 0.2) is 0 Å². The second-order valence-electron chi connectivity index (χ2n) is 8.24. The Morgan fingerprint density at radius 2 is 1.78 bits per heavy atom. The van der Waals surface area contributed by atoms with Crippen LogP contribution in [0.2, 0.25) is 0 Å². The largest absolute Gasteiger partial charge is 0.313 e. The normalized spacial score (nSPS) is 42.8. The molecule has 0 radical (unpaired) electrons. The third-order valence-electron chi connectivity index (χ3n) is 6.65. The molecule has 0 aliphatic heterocycles. The van der Waals surface area contributed by atoms with Gasteiger partial charge in [0, 0.05) is 6.04 Å². The van der Waals surface area contributed by atoms with E-state index in [2.05, 4.69) is 26.1 Å². The summed E-state index contributed by atoms with van der Waals surface area (Å²) in [6.07, 6.45) is 11.8. The van der Waals surface area contributed by atoms with Gasteiger partial charge in [-0.1, -0.05) is 46.5 Å². The molecular weight excluding hydrogens is 218 g/mol. The SMILES string of the molecule is CC1(C)C(NCCC2CCCC2)[C@]2(C)CC[C@H]1C2. The number of nitrogens with one attached hydrogen (secondary N) is 1. The van der Waals surface area contributed by atoms with Gasteiger partial charge in [0.1, 0.15) is 0 Å². The molecular formula is C17H31N. The molecule has 1 unspecified atom stereocenters. The summed E-state index contributed by atoms with van der Waals surface area (Å²) in [6, 6.07) is 0.769. The maximum absolute atomic E-state index is 3.97. The Labute approximate surface area is 113 Å². The van der Waals surface area contributed by atoms with Crippen molar-refractivity contribution in [2.45, 2.75) is 78.2 Å². The molecule has 3 saturated carbocycles. The summed E-state index contributed by atoms with van der Waals surface area (Å²) in [4.78, 5) is 0. The monoisotopic (exact) mass is 249 g/mol. The first-order chi connectivity index (χ1) is 8.52. The summed E-state index contributed by atoms with van der Waals surface area (Å²) in [5.74, 6) is 2.01. The zero-order valence-electron chi connectivity index (χ0n) is 12.6. The van der Waals surface area contributed by atoms with Crippen molar-refractivity contribution in [2.24, 2.45) is 22.7 Å². The highest BCUT2D eigenvalue weighted by Gasteiger charge is 2.58. The van der Waals surface area contributed by atoms with Crippen molar-refractivity contribution in [3.8, 4) is 0 Å². The van der Waals surface area contributed by atoms with E-state index < -0.39 is 0 Å². The molecule has 0 amide bonds. The van der Waals surface area contributed by atoms with E-state index >= 15 is 0 Å². The zero-order chi connectivity index (χ0) is 12.8. The minimum Gasteiger partial charge on any atom is -0.313 e. The van der Waals surface area contributed by atoms with Crippen molar-refractivity contribution in [1.82, 2.24) is 5.32 Å². The maximum atomic E-state index is 3.97. The molecule has 18 heavy (non-hydrogen) atoms. The van der Waals surface area contributed by atoms with Crippen molar-refractivity contribution in [1.29, 1.82) is 0 Å². The van der Waals surface area contributed by atoms with E-state index in [-0.39, 0.29) is 0 Å². The molecule has 0 spiro atoms. The minimum atomic E-state index is 0.530. The average molecular weight is 249 g/mol. The third kappa shape index (κ3) is 2.03. The lowest BCUT2D eigenvalue weighted by Gasteiger charge is -2.43. The number of hydrogen-bond donors (Lipinski definition) is 1. The highest BCUT2D eigenvalue weighted by atomic mass is 15.0. The molecule has 1 heteroatoms. The van der Waals surface area contributed by atoms with Crippen LogP contribution in [0.5, 0.6) is 0 Å². The molecule has 0 aromatic carbocycles. The second-order valence-corrected chi connectivity index (χ2v) is 8.24. The fourth-order valence-corrected chi connectivity index (χ4v) is 5.54. The predicted octanol–water partition coefficient (Wildman–Crippen LogP) is 4.37. The van der Waals surface area contributed by atoms with Gasteiger partial charge in [-0.05, 0) is 54.9 Å². The van der Waals surface area contributed by atoms with E-state index in [9.17, 15) is 0 Å². The lowest BCUT2D eigenvalue weighted by molar-refractivity contribution is 0.108. The van der Waals surface area contributed by atoms with Crippen LogP contribution >= 0.6 is 0 Å². The van der Waals surface area contributed by atoms with Crippen LogP contribution in [0.1, 0.15) is 72.1 Å². The van der Waals surface area contributed by atoms with Gasteiger partial charge in [0.2, 0.25) is 0 Å². The molecule has 2 bridgehead atoms. The van der Waals surface area contributed by atoms with Crippen LogP contribution in [0, 0.1) is 22.7 Å². The first-order valence-electron chi connectivity index (χ1n) is 8.26. The Hall–Kier alpha value is -0.0400. The Kier molecular flexibility index (Phi) is 3.25. The molecule has 1 N–H and O–H groups in total. The van der Waals surface area contributed by atoms with Gasteiger partial charge in [0.15, 0.2) is 0 Å². The van der Waals surface area contributed by atoms with E-state index in [1.807, 2.05) is 0 Å². The second kappa shape index (κ2) is 4.51. The zero-order valence-corrected chi connectivity index (χ0v) is 12.6. The highest BCUT2D eigenvalue weighted by Crippen LogP contribution is 2.62. The number of hydrogen-bond acceptors (Lipinski definition) is 1. The summed E-state index contributed by atoms with van der Waals surface area (Å²) in [5.41, 5.74) is 1.13. The van der Waals surface area contributed by atoms with E-state index in [0.29, 0.717) is 10.8 Å². The molecule has 3 atom stereocenters. The van der Waals surface area contributed by atoms with Gasteiger partial charge < -0.3 is 5.32 Å². The smallest absolute Gasteiger partial charge is 0.0175 e. The van der Waals surface area contributed by atoms with Gasteiger partial charge in [-0.3, -0.25) is 0 Å². The summed E-state index contributed by atoms with van der Waals surface area (Å²) in [5, 5.41) is 3.97. The first-order valence-corrected chi connectivity index (χ1v) is 8.26. The minimum absolute atomic E-state index is 0.530. The van der Waals surface area contributed by atoms with Crippen molar-refractivity contribution in [3.63, 3.8) is 0 Å². The first kappa shape index (κ1) is 13.0. The molecule has 3 fully saturated rings. The Morgan fingerprint density at radius 1 is 1.06 bits per heavy atom. The number of rotatable bonds is 4. The third-order valence-corrected chi connectivity index (χ3v) is 6.65. The number of fused-ring (bicyclic) bond motifs is 2. The maximum Gasteiger partial charge on any atom is 0.0175 e. The van der Waals surface area contributed by atoms with E-state index in [4.69, 9.17) is 0 Å². The summed E-state index contributed by atoms with van der Waals surface area (Å²) in [6.45, 7) is 8.82. The topological polar surface area (TPSA) is 12.0 Å². The molecule has 3 aliphatic rings. The Balaban J connectivity index is 1.55. The summed E-state index contributed by atoms with van der Waals surface area (Å²) >= 11 is 0. The van der Waals surface area contributed by atoms with Crippen LogP contribution < -0.4 is 5.32 Å². The van der Waals surface area contributed by atoms with Crippen LogP contribution in [0.25, 0.3) is 0 Å². The standard InChI is InChI=1S/C17H31N/c1-16(2)14-8-10-17(3,12-14)15(16)18-11-9-13-6-4-5-7-13/h13-15,18H,4-12H2,1-3H3/t14-,15?,17+/m0/s1. The van der Waals surface area contributed by atoms with Crippen LogP contribution in [-0.2, 0) is 0 Å². The van der Waals surface area contributed by atoms with Gasteiger partial charge >= 0.3 is 0 Å². The van der Waals surface area contributed by atoms with Crippen molar-refractivity contribution in [2.75, 3.05) is 6.54 Å². The van der Waals surface area contributed by atoms with E-state index in [1.165, 1.54) is 57.9 Å². The van der Waals surface area contributed by atoms with Crippen LogP contribution in [0.4, 0.5) is 0 Å². The van der Waals surface area contributed by atoms with Crippen LogP contribution in [0.3, 0.4) is 0 Å². The summed E-state index contributed by atoms with van der Waals surface area (Å²) < 4.78 is 0. The Morgan fingerprint density at radius 3 is 2.39 bits per heavy atom.